The van der Waals surface area contributed by atoms with Gasteiger partial charge in [0.1, 0.15) is 0 Å². The van der Waals surface area contributed by atoms with Crippen molar-refractivity contribution in [2.24, 2.45) is 0 Å². The molecule has 2 aromatic carbocycles. The van der Waals surface area contributed by atoms with Gasteiger partial charge >= 0.3 is 6.03 Å². The molecular formula is C26H29ClN4O. The molecule has 5 nitrogen and oxygen atoms in total. The quantitative estimate of drug-likeness (QED) is 0.437. The highest BCUT2D eigenvalue weighted by molar-refractivity contribution is 6.30. The number of nitrogens with one attached hydrogen (secondary N) is 2. The molecule has 0 spiro atoms. The summed E-state index contributed by atoms with van der Waals surface area (Å²) in [4.78, 5) is 12.4. The van der Waals surface area contributed by atoms with Gasteiger partial charge in [-0.15, -0.1) is 0 Å². The minimum atomic E-state index is -0.225. The van der Waals surface area contributed by atoms with E-state index in [4.69, 9.17) is 16.7 Å². The van der Waals surface area contributed by atoms with E-state index in [9.17, 15) is 4.79 Å². The molecule has 0 fully saturated rings. The van der Waals surface area contributed by atoms with Gasteiger partial charge in [0.2, 0.25) is 0 Å². The van der Waals surface area contributed by atoms with Gasteiger partial charge < -0.3 is 10.6 Å². The maximum atomic E-state index is 12.4. The number of allylic oxidation sites excluding steroid dienone is 1. The number of rotatable bonds is 5. The lowest BCUT2D eigenvalue weighted by atomic mass is 9.96. The Kier molecular flexibility index (Phi) is 6.38. The van der Waals surface area contributed by atoms with Gasteiger partial charge in [0.05, 0.1) is 11.4 Å². The molecule has 2 amide bonds. The topological polar surface area (TPSA) is 59.0 Å². The summed E-state index contributed by atoms with van der Waals surface area (Å²) >= 11 is 5.90. The summed E-state index contributed by atoms with van der Waals surface area (Å²) in [5, 5.41) is 11.4. The molecule has 0 saturated carbocycles. The van der Waals surface area contributed by atoms with Crippen LogP contribution in [0.25, 0.3) is 5.69 Å². The summed E-state index contributed by atoms with van der Waals surface area (Å²) in [6.45, 7) is 8.57. The zero-order valence-electron chi connectivity index (χ0n) is 18.9. The minimum absolute atomic E-state index is 0.0280. The monoisotopic (exact) mass is 448 g/mol. The van der Waals surface area contributed by atoms with Crippen LogP contribution in [-0.2, 0) is 0 Å². The maximum Gasteiger partial charge on any atom is 0.319 e. The van der Waals surface area contributed by atoms with Gasteiger partial charge in [0.15, 0.2) is 0 Å². The summed E-state index contributed by atoms with van der Waals surface area (Å²) < 4.78 is 2.02. The highest BCUT2D eigenvalue weighted by atomic mass is 35.5. The lowest BCUT2D eigenvalue weighted by molar-refractivity contribution is 0.250. The lowest BCUT2D eigenvalue weighted by Crippen LogP contribution is -2.36. The highest BCUT2D eigenvalue weighted by Gasteiger charge is 2.27. The van der Waals surface area contributed by atoms with Gasteiger partial charge in [-0.2, -0.15) is 5.10 Å². The van der Waals surface area contributed by atoms with E-state index in [1.165, 1.54) is 11.1 Å². The number of anilines is 1. The molecule has 2 unspecified atom stereocenters. The second kappa shape index (κ2) is 9.21. The average molecular weight is 449 g/mol. The van der Waals surface area contributed by atoms with Crippen LogP contribution < -0.4 is 10.6 Å². The number of aryl methyl sites for hydroxylation is 1. The van der Waals surface area contributed by atoms with Crippen LogP contribution in [-0.4, -0.2) is 21.9 Å². The van der Waals surface area contributed by atoms with Crippen molar-refractivity contribution >= 4 is 23.3 Å². The van der Waals surface area contributed by atoms with Gasteiger partial charge in [-0.05, 0) is 68.1 Å². The van der Waals surface area contributed by atoms with Gasteiger partial charge in [-0.1, -0.05) is 49.7 Å². The van der Waals surface area contributed by atoms with E-state index in [1.54, 1.807) is 24.3 Å². The third-order valence-electron chi connectivity index (χ3n) is 6.02. The summed E-state index contributed by atoms with van der Waals surface area (Å²) in [7, 11) is 0. The molecule has 0 radical (unpaired) electrons. The number of carbonyl (C=O) groups excluding carboxylic acids is 1. The highest BCUT2D eigenvalue weighted by Crippen LogP contribution is 2.34. The van der Waals surface area contributed by atoms with Crippen molar-refractivity contribution in [1.29, 1.82) is 0 Å². The van der Waals surface area contributed by atoms with Crippen LogP contribution in [0.15, 0.2) is 60.7 Å². The Morgan fingerprint density at radius 1 is 1.06 bits per heavy atom. The third-order valence-corrected chi connectivity index (χ3v) is 6.28. The smallest absolute Gasteiger partial charge is 0.319 e. The number of carbonyl (C=O) groups is 1. The number of amides is 2. The Hall–Kier alpha value is -3.05. The van der Waals surface area contributed by atoms with Crippen molar-refractivity contribution < 1.29 is 4.79 Å². The normalized spacial score (nSPS) is 17.7. The number of hydrogen-bond acceptors (Lipinski definition) is 2. The van der Waals surface area contributed by atoms with Crippen LogP contribution in [0.5, 0.6) is 0 Å². The first-order chi connectivity index (χ1) is 15.3. The lowest BCUT2D eigenvalue weighted by Gasteiger charge is -2.15. The molecule has 2 N–H and O–H groups in total. The Bertz CT molecular complexity index is 1130. The van der Waals surface area contributed by atoms with E-state index in [-0.39, 0.29) is 18.0 Å². The summed E-state index contributed by atoms with van der Waals surface area (Å²) in [6, 6.07) is 15.4. The number of urea groups is 1. The molecule has 0 bridgehead atoms. The molecule has 166 valence electrons. The first-order valence-electron chi connectivity index (χ1n) is 11.0. The van der Waals surface area contributed by atoms with E-state index in [1.807, 2.05) is 4.68 Å². The molecule has 0 aliphatic heterocycles. The van der Waals surface area contributed by atoms with Gasteiger partial charge in [-0.3, -0.25) is 0 Å². The van der Waals surface area contributed by atoms with Crippen molar-refractivity contribution in [2.45, 2.75) is 52.0 Å². The minimum Gasteiger partial charge on any atom is -0.332 e. The van der Waals surface area contributed by atoms with Gasteiger partial charge in [-0.25, -0.2) is 9.48 Å². The number of benzene rings is 2. The first kappa shape index (κ1) is 22.2. The summed E-state index contributed by atoms with van der Waals surface area (Å²) in [6.07, 6.45) is 5.06. The van der Waals surface area contributed by atoms with E-state index in [2.05, 4.69) is 74.7 Å². The Morgan fingerprint density at radius 2 is 1.75 bits per heavy atom. The largest absolute Gasteiger partial charge is 0.332 e. The fourth-order valence-electron chi connectivity index (χ4n) is 4.33. The molecule has 2 atom stereocenters. The number of halogens is 1. The van der Waals surface area contributed by atoms with Crippen molar-refractivity contribution in [3.63, 3.8) is 0 Å². The molecular weight excluding hydrogens is 420 g/mol. The molecule has 1 heterocycles. The van der Waals surface area contributed by atoms with Crippen LogP contribution in [0.4, 0.5) is 10.5 Å². The average Bonchev–Trinajstić information content (AvgIpc) is 3.33. The fourth-order valence-corrected chi connectivity index (χ4v) is 4.46. The predicted octanol–water partition coefficient (Wildman–Crippen LogP) is 6.50. The molecule has 32 heavy (non-hydrogen) atoms. The number of hydrogen-bond donors (Lipinski definition) is 2. The zero-order chi connectivity index (χ0) is 22.8. The Morgan fingerprint density at radius 3 is 2.41 bits per heavy atom. The summed E-state index contributed by atoms with van der Waals surface area (Å²) in [5.41, 5.74) is 6.50. The SMILES string of the molecule is Cc1nn(-c2ccc(C(C)C)cc2)c(C)c1C1C=CC(NC(=O)Nc2ccc(Cl)cc2)C1. The van der Waals surface area contributed by atoms with Crippen LogP contribution >= 0.6 is 11.6 Å². The van der Waals surface area contributed by atoms with Crippen LogP contribution in [0.2, 0.25) is 5.02 Å². The van der Waals surface area contributed by atoms with E-state index in [0.717, 1.165) is 23.5 Å². The number of aromatic nitrogens is 2. The summed E-state index contributed by atoms with van der Waals surface area (Å²) in [5.74, 6) is 0.726. The fraction of sp³-hybridized carbons (Fsp3) is 0.308. The van der Waals surface area contributed by atoms with Crippen molar-refractivity contribution in [3.8, 4) is 5.69 Å². The molecule has 0 saturated heterocycles. The molecule has 6 heteroatoms. The Balaban J connectivity index is 1.43. The van der Waals surface area contributed by atoms with E-state index < -0.39 is 0 Å². The number of nitrogens with zero attached hydrogens (tertiary/aromatic N) is 2. The van der Waals surface area contributed by atoms with Crippen LogP contribution in [0, 0.1) is 13.8 Å². The molecule has 1 aromatic heterocycles. The second-order valence-corrected chi connectivity index (χ2v) is 9.12. The molecule has 1 aliphatic rings. The Labute approximate surface area is 194 Å². The molecule has 1 aliphatic carbocycles. The third kappa shape index (κ3) is 4.73. The van der Waals surface area contributed by atoms with Crippen LogP contribution in [0.1, 0.15) is 54.6 Å². The van der Waals surface area contributed by atoms with Gasteiger partial charge in [0, 0.05) is 33.9 Å². The molecule has 4 rings (SSSR count). The van der Waals surface area contributed by atoms with Crippen molar-refractivity contribution in [3.05, 3.63) is 88.2 Å². The standard InChI is InChI=1S/C26H29ClN4O/c1-16(2)19-6-13-24(14-7-19)31-18(4)25(17(3)30-31)20-5-10-23(15-20)29-26(32)28-22-11-8-21(27)9-12-22/h5-14,16,20,23H,15H2,1-4H3,(H2,28,29,32). The van der Waals surface area contributed by atoms with E-state index in [0.29, 0.717) is 16.6 Å². The van der Waals surface area contributed by atoms with Gasteiger partial charge in [0.25, 0.3) is 0 Å². The zero-order valence-corrected chi connectivity index (χ0v) is 19.6. The second-order valence-electron chi connectivity index (χ2n) is 8.68. The molecule has 3 aromatic rings. The van der Waals surface area contributed by atoms with Crippen molar-refractivity contribution in [1.82, 2.24) is 15.1 Å². The maximum absolute atomic E-state index is 12.4. The van der Waals surface area contributed by atoms with E-state index >= 15 is 0 Å². The first-order valence-corrected chi connectivity index (χ1v) is 11.4. The van der Waals surface area contributed by atoms with Crippen LogP contribution in [0.3, 0.4) is 0 Å². The predicted molar refractivity (Wildman–Crippen MR) is 131 cm³/mol. The van der Waals surface area contributed by atoms with Crippen molar-refractivity contribution in [2.75, 3.05) is 5.32 Å².